The van der Waals surface area contributed by atoms with Gasteiger partial charge in [0.2, 0.25) is 5.89 Å². The molecule has 37 heavy (non-hydrogen) atoms. The first-order valence-corrected chi connectivity index (χ1v) is 12.7. The van der Waals surface area contributed by atoms with Crippen LogP contribution in [-0.2, 0) is 15.7 Å². The van der Waals surface area contributed by atoms with Crippen molar-refractivity contribution >= 4 is 28.8 Å². The van der Waals surface area contributed by atoms with E-state index >= 15 is 0 Å². The number of hydrogen-bond acceptors (Lipinski definition) is 6. The molecule has 4 rings (SSSR count). The van der Waals surface area contributed by atoms with Crippen molar-refractivity contribution in [3.8, 4) is 17.2 Å². The van der Waals surface area contributed by atoms with Crippen LogP contribution in [0.4, 0.5) is 13.2 Å². The summed E-state index contributed by atoms with van der Waals surface area (Å²) in [6.07, 6.45) is -4.39. The van der Waals surface area contributed by atoms with Gasteiger partial charge < -0.3 is 13.9 Å². The number of hydrogen-bond donors (Lipinski definition) is 0. The summed E-state index contributed by atoms with van der Waals surface area (Å²) in [5.74, 6) is 1.38. The van der Waals surface area contributed by atoms with E-state index in [-0.39, 0.29) is 18.4 Å². The van der Waals surface area contributed by atoms with E-state index in [0.29, 0.717) is 29.0 Å². The second kappa shape index (κ2) is 11.3. The van der Waals surface area contributed by atoms with Gasteiger partial charge in [-0.2, -0.15) is 13.2 Å². The lowest BCUT2D eigenvalue weighted by molar-refractivity contribution is -0.145. The molecule has 0 saturated heterocycles. The quantitative estimate of drug-likeness (QED) is 0.164. The highest BCUT2D eigenvalue weighted by molar-refractivity contribution is 7.99. The third-order valence-corrected chi connectivity index (χ3v) is 6.99. The molecular formula is C28H26F3NO4S. The number of thioether (sulfide) groups is 1. The number of benzene rings is 3. The average molecular weight is 530 g/mol. The van der Waals surface area contributed by atoms with Crippen LogP contribution < -0.4 is 4.74 Å². The molecule has 1 atom stereocenters. The zero-order valence-electron chi connectivity index (χ0n) is 20.6. The molecular weight excluding hydrogens is 503 g/mol. The smallest absolute Gasteiger partial charge is 0.416 e. The molecule has 0 bridgehead atoms. The van der Waals surface area contributed by atoms with E-state index in [4.69, 9.17) is 13.9 Å². The van der Waals surface area contributed by atoms with E-state index in [0.717, 1.165) is 33.9 Å². The first-order valence-electron chi connectivity index (χ1n) is 11.7. The summed E-state index contributed by atoms with van der Waals surface area (Å²) in [5.41, 5.74) is 2.94. The number of nitrogens with zero attached hydrogens (tertiary/aromatic N) is 1. The molecule has 0 aliphatic carbocycles. The van der Waals surface area contributed by atoms with Gasteiger partial charge in [0.25, 0.3) is 0 Å². The van der Waals surface area contributed by atoms with Crippen LogP contribution in [0.3, 0.4) is 0 Å². The minimum Gasteiger partial charge on any atom is -0.482 e. The van der Waals surface area contributed by atoms with Crippen molar-refractivity contribution in [2.24, 2.45) is 0 Å². The third-order valence-electron chi connectivity index (χ3n) is 5.73. The Balaban J connectivity index is 1.45. The molecule has 1 heterocycles. The Morgan fingerprint density at radius 3 is 2.54 bits per heavy atom. The van der Waals surface area contributed by atoms with Gasteiger partial charge in [0, 0.05) is 21.8 Å². The Kier molecular flexibility index (Phi) is 8.12. The van der Waals surface area contributed by atoms with Crippen LogP contribution >= 0.6 is 11.8 Å². The molecule has 4 aromatic rings. The molecule has 1 unspecified atom stereocenters. The largest absolute Gasteiger partial charge is 0.482 e. The van der Waals surface area contributed by atoms with Crippen molar-refractivity contribution in [3.63, 3.8) is 0 Å². The van der Waals surface area contributed by atoms with Gasteiger partial charge in [-0.05, 0) is 73.9 Å². The summed E-state index contributed by atoms with van der Waals surface area (Å²) >= 11 is 1.68. The standard InChI is InChI=1S/C28H26F3NO4S/c1-4-34-25(33)15-35-24-13-12-21(14-17(24)2)37-16-18(3)22-6-5-7-23-26(22)36-27(32-23)19-8-10-20(11-9-19)28(29,30)31/h5-14,18H,4,15-16H2,1-3H3. The van der Waals surface area contributed by atoms with Crippen molar-refractivity contribution in [1.82, 2.24) is 4.98 Å². The zero-order chi connectivity index (χ0) is 26.6. The van der Waals surface area contributed by atoms with E-state index in [1.807, 2.05) is 43.3 Å². The van der Waals surface area contributed by atoms with Crippen molar-refractivity contribution in [3.05, 3.63) is 77.4 Å². The number of halogens is 3. The van der Waals surface area contributed by atoms with Gasteiger partial charge in [0.1, 0.15) is 11.3 Å². The number of esters is 1. The summed E-state index contributed by atoms with van der Waals surface area (Å²) in [6.45, 7) is 5.94. The van der Waals surface area contributed by atoms with Crippen molar-refractivity contribution in [2.45, 2.75) is 37.8 Å². The van der Waals surface area contributed by atoms with E-state index in [9.17, 15) is 18.0 Å². The van der Waals surface area contributed by atoms with Crippen LogP contribution in [0.15, 0.2) is 70.0 Å². The highest BCUT2D eigenvalue weighted by Crippen LogP contribution is 2.35. The fourth-order valence-electron chi connectivity index (χ4n) is 3.81. The van der Waals surface area contributed by atoms with Gasteiger partial charge in [0.15, 0.2) is 12.2 Å². The summed E-state index contributed by atoms with van der Waals surface area (Å²) < 4.78 is 55.1. The Morgan fingerprint density at radius 1 is 1.11 bits per heavy atom. The molecule has 0 saturated carbocycles. The maximum absolute atomic E-state index is 12.9. The second-order valence-corrected chi connectivity index (χ2v) is 9.62. The molecule has 0 N–H and O–H groups in total. The highest BCUT2D eigenvalue weighted by atomic mass is 32.2. The second-order valence-electron chi connectivity index (χ2n) is 8.52. The van der Waals surface area contributed by atoms with Crippen LogP contribution in [0.25, 0.3) is 22.6 Å². The molecule has 0 radical (unpaired) electrons. The minimum atomic E-state index is -4.39. The molecule has 0 aliphatic heterocycles. The molecule has 0 spiro atoms. The van der Waals surface area contributed by atoms with Crippen LogP contribution in [0.2, 0.25) is 0 Å². The predicted molar refractivity (Wildman–Crippen MR) is 137 cm³/mol. The van der Waals surface area contributed by atoms with Crippen LogP contribution in [0.1, 0.15) is 36.5 Å². The van der Waals surface area contributed by atoms with Crippen LogP contribution in [0.5, 0.6) is 5.75 Å². The van der Waals surface area contributed by atoms with Crippen LogP contribution in [-0.4, -0.2) is 29.9 Å². The maximum Gasteiger partial charge on any atom is 0.416 e. The number of ether oxygens (including phenoxy) is 2. The minimum absolute atomic E-state index is 0.113. The topological polar surface area (TPSA) is 61.6 Å². The molecule has 0 fully saturated rings. The SMILES string of the molecule is CCOC(=O)COc1ccc(SCC(C)c2cccc3nc(-c4ccc(C(F)(F)F)cc4)oc23)cc1C. The zero-order valence-corrected chi connectivity index (χ0v) is 21.4. The third kappa shape index (κ3) is 6.46. The lowest BCUT2D eigenvalue weighted by atomic mass is 10.0. The fraction of sp³-hybridized carbons (Fsp3) is 0.286. The molecule has 9 heteroatoms. The normalized spacial score (nSPS) is 12.5. The van der Waals surface area contributed by atoms with Crippen LogP contribution in [0, 0.1) is 6.92 Å². The number of aryl methyl sites for hydroxylation is 1. The summed E-state index contributed by atoms with van der Waals surface area (Å²) in [7, 11) is 0. The molecule has 3 aromatic carbocycles. The molecule has 1 aromatic heterocycles. The Hall–Kier alpha value is -3.46. The van der Waals surface area contributed by atoms with E-state index < -0.39 is 17.7 Å². The van der Waals surface area contributed by atoms with Gasteiger partial charge in [-0.1, -0.05) is 19.1 Å². The van der Waals surface area contributed by atoms with Gasteiger partial charge in [-0.15, -0.1) is 11.8 Å². The summed E-state index contributed by atoms with van der Waals surface area (Å²) in [4.78, 5) is 17.1. The van der Waals surface area contributed by atoms with Crippen molar-refractivity contribution < 1.29 is 31.9 Å². The Morgan fingerprint density at radius 2 is 1.86 bits per heavy atom. The average Bonchev–Trinajstić information content (AvgIpc) is 3.31. The lowest BCUT2D eigenvalue weighted by Gasteiger charge is -2.13. The Labute approximate surface area is 217 Å². The summed E-state index contributed by atoms with van der Waals surface area (Å²) in [5, 5.41) is 0. The number of rotatable bonds is 9. The van der Waals surface area contributed by atoms with Gasteiger partial charge in [-0.25, -0.2) is 9.78 Å². The Bertz CT molecular complexity index is 1380. The van der Waals surface area contributed by atoms with Crippen molar-refractivity contribution in [1.29, 1.82) is 0 Å². The maximum atomic E-state index is 12.9. The van der Waals surface area contributed by atoms with Gasteiger partial charge >= 0.3 is 12.1 Å². The number of aromatic nitrogens is 1. The monoisotopic (exact) mass is 529 g/mol. The van der Waals surface area contributed by atoms with E-state index in [1.54, 1.807) is 18.7 Å². The number of carbonyl (C=O) groups is 1. The van der Waals surface area contributed by atoms with Crippen molar-refractivity contribution in [2.75, 3.05) is 19.0 Å². The van der Waals surface area contributed by atoms with E-state index in [1.165, 1.54) is 12.1 Å². The molecule has 0 aliphatic rings. The molecule has 5 nitrogen and oxygen atoms in total. The van der Waals surface area contributed by atoms with Gasteiger partial charge in [0.05, 0.1) is 12.2 Å². The molecule has 0 amide bonds. The number of oxazole rings is 1. The summed E-state index contributed by atoms with van der Waals surface area (Å²) in [6, 6.07) is 16.3. The fourth-order valence-corrected chi connectivity index (χ4v) is 4.85. The number of alkyl halides is 3. The highest BCUT2D eigenvalue weighted by Gasteiger charge is 2.30. The lowest BCUT2D eigenvalue weighted by Crippen LogP contribution is -2.14. The first-order chi connectivity index (χ1) is 17.7. The first kappa shape index (κ1) is 26.6. The molecule has 194 valence electrons. The van der Waals surface area contributed by atoms with E-state index in [2.05, 4.69) is 11.9 Å². The van der Waals surface area contributed by atoms with Gasteiger partial charge in [-0.3, -0.25) is 0 Å². The number of carbonyl (C=O) groups excluding carboxylic acids is 1. The number of fused-ring (bicyclic) bond motifs is 1. The number of para-hydroxylation sites is 1. The predicted octanol–water partition coefficient (Wildman–Crippen LogP) is 7.66.